The van der Waals surface area contributed by atoms with Gasteiger partial charge in [0.15, 0.2) is 0 Å². The standard InChI is InChI=1S/C18H19ClN2O2/c1-12-13(2)17(23-3)9-6-15(12)11-20-21-18(22)10-14-4-7-16(19)8-5-14/h4-9,11H,10H2,1-3H3,(H,21,22). The first kappa shape index (κ1) is 17.0. The van der Waals surface area contributed by atoms with E-state index >= 15 is 0 Å². The summed E-state index contributed by atoms with van der Waals surface area (Å²) in [5, 5.41) is 4.67. The number of amides is 1. The Labute approximate surface area is 141 Å². The second-order valence-corrected chi connectivity index (χ2v) is 5.64. The zero-order valence-corrected chi connectivity index (χ0v) is 14.1. The molecule has 5 heteroatoms. The van der Waals surface area contributed by atoms with Crippen molar-refractivity contribution in [1.82, 2.24) is 5.43 Å². The smallest absolute Gasteiger partial charge is 0.244 e. The first-order chi connectivity index (χ1) is 11.0. The zero-order chi connectivity index (χ0) is 16.8. The monoisotopic (exact) mass is 330 g/mol. The molecule has 2 aromatic rings. The number of hydrogen-bond acceptors (Lipinski definition) is 3. The highest BCUT2D eigenvalue weighted by Crippen LogP contribution is 2.22. The summed E-state index contributed by atoms with van der Waals surface area (Å²) >= 11 is 5.82. The Kier molecular flexibility index (Phi) is 5.77. The highest BCUT2D eigenvalue weighted by molar-refractivity contribution is 6.30. The van der Waals surface area contributed by atoms with Crippen LogP contribution in [0.5, 0.6) is 5.75 Å². The number of halogens is 1. The van der Waals surface area contributed by atoms with Gasteiger partial charge in [-0.3, -0.25) is 4.79 Å². The molecule has 2 aromatic carbocycles. The van der Waals surface area contributed by atoms with Crippen LogP contribution in [0.25, 0.3) is 0 Å². The number of hydrogen-bond donors (Lipinski definition) is 1. The fourth-order valence-corrected chi connectivity index (χ4v) is 2.30. The lowest BCUT2D eigenvalue weighted by Crippen LogP contribution is -2.19. The average molecular weight is 331 g/mol. The zero-order valence-electron chi connectivity index (χ0n) is 13.4. The first-order valence-electron chi connectivity index (χ1n) is 7.22. The van der Waals surface area contributed by atoms with Crippen LogP contribution in [0, 0.1) is 13.8 Å². The number of carbonyl (C=O) groups is 1. The molecule has 23 heavy (non-hydrogen) atoms. The fraction of sp³-hybridized carbons (Fsp3) is 0.222. The molecule has 0 saturated heterocycles. The number of hydrazone groups is 1. The van der Waals surface area contributed by atoms with Crippen molar-refractivity contribution in [3.8, 4) is 5.75 Å². The van der Waals surface area contributed by atoms with Gasteiger partial charge in [-0.15, -0.1) is 0 Å². The van der Waals surface area contributed by atoms with Crippen LogP contribution in [0.3, 0.4) is 0 Å². The predicted molar refractivity (Wildman–Crippen MR) is 93.4 cm³/mol. The summed E-state index contributed by atoms with van der Waals surface area (Å²) in [7, 11) is 1.65. The van der Waals surface area contributed by atoms with Crippen molar-refractivity contribution in [2.45, 2.75) is 20.3 Å². The maximum absolute atomic E-state index is 11.9. The molecule has 0 radical (unpaired) electrons. The lowest BCUT2D eigenvalue weighted by atomic mass is 10.0. The topological polar surface area (TPSA) is 50.7 Å². The molecule has 0 aliphatic rings. The molecule has 0 aromatic heterocycles. The number of ether oxygens (including phenoxy) is 1. The molecule has 0 atom stereocenters. The van der Waals surface area contributed by atoms with Gasteiger partial charge in [0.25, 0.3) is 0 Å². The minimum absolute atomic E-state index is 0.175. The summed E-state index contributed by atoms with van der Waals surface area (Å²) < 4.78 is 5.27. The molecular formula is C18H19ClN2O2. The molecule has 1 N–H and O–H groups in total. The molecule has 0 aliphatic carbocycles. The quantitative estimate of drug-likeness (QED) is 0.672. The number of benzene rings is 2. The Morgan fingerprint density at radius 3 is 2.52 bits per heavy atom. The molecule has 0 saturated carbocycles. The van der Waals surface area contributed by atoms with Gasteiger partial charge in [0.2, 0.25) is 5.91 Å². The Morgan fingerprint density at radius 1 is 1.17 bits per heavy atom. The van der Waals surface area contributed by atoms with Crippen LogP contribution < -0.4 is 10.2 Å². The summed E-state index contributed by atoms with van der Waals surface area (Å²) in [6, 6.07) is 11.0. The molecular weight excluding hydrogens is 312 g/mol. The van der Waals surface area contributed by atoms with Gasteiger partial charge in [0.1, 0.15) is 5.75 Å². The van der Waals surface area contributed by atoms with Gasteiger partial charge in [-0.2, -0.15) is 5.10 Å². The number of carbonyl (C=O) groups excluding carboxylic acids is 1. The number of methoxy groups -OCH3 is 1. The van der Waals surface area contributed by atoms with E-state index in [1.165, 1.54) is 0 Å². The van der Waals surface area contributed by atoms with Crippen LogP contribution in [-0.4, -0.2) is 19.2 Å². The predicted octanol–water partition coefficient (Wildman–Crippen LogP) is 3.66. The molecule has 1 amide bonds. The molecule has 0 heterocycles. The van der Waals surface area contributed by atoms with Crippen molar-refractivity contribution in [3.63, 3.8) is 0 Å². The largest absolute Gasteiger partial charge is 0.496 e. The van der Waals surface area contributed by atoms with Gasteiger partial charge < -0.3 is 4.74 Å². The van der Waals surface area contributed by atoms with E-state index in [9.17, 15) is 4.79 Å². The minimum atomic E-state index is -0.175. The summed E-state index contributed by atoms with van der Waals surface area (Å²) in [5.41, 5.74) is 6.49. The van der Waals surface area contributed by atoms with Gasteiger partial charge in [-0.05, 0) is 60.4 Å². The number of nitrogens with one attached hydrogen (secondary N) is 1. The molecule has 0 aliphatic heterocycles. The highest BCUT2D eigenvalue weighted by atomic mass is 35.5. The third-order valence-corrected chi connectivity index (χ3v) is 3.92. The van der Waals surface area contributed by atoms with Crippen molar-refractivity contribution in [2.24, 2.45) is 5.10 Å². The van der Waals surface area contributed by atoms with E-state index in [1.807, 2.05) is 38.1 Å². The van der Waals surface area contributed by atoms with Gasteiger partial charge in [0, 0.05) is 5.02 Å². The van der Waals surface area contributed by atoms with Gasteiger partial charge >= 0.3 is 0 Å². The lowest BCUT2D eigenvalue weighted by molar-refractivity contribution is -0.120. The van der Waals surface area contributed by atoms with E-state index in [0.29, 0.717) is 5.02 Å². The average Bonchev–Trinajstić information content (AvgIpc) is 2.54. The maximum atomic E-state index is 11.9. The van der Waals surface area contributed by atoms with E-state index < -0.39 is 0 Å². The Bertz CT molecular complexity index is 725. The molecule has 0 unspecified atom stereocenters. The third kappa shape index (κ3) is 4.57. The SMILES string of the molecule is COc1ccc(C=NNC(=O)Cc2ccc(Cl)cc2)c(C)c1C. The molecule has 0 spiro atoms. The van der Waals surface area contributed by atoms with E-state index in [0.717, 1.165) is 28.0 Å². The summed E-state index contributed by atoms with van der Waals surface area (Å²) in [6.07, 6.45) is 1.90. The maximum Gasteiger partial charge on any atom is 0.244 e. The van der Waals surface area contributed by atoms with Crippen molar-refractivity contribution in [3.05, 3.63) is 63.7 Å². The molecule has 4 nitrogen and oxygen atoms in total. The molecule has 2 rings (SSSR count). The van der Waals surface area contributed by atoms with Crippen LogP contribution in [0.15, 0.2) is 41.5 Å². The van der Waals surface area contributed by atoms with E-state index in [4.69, 9.17) is 16.3 Å². The van der Waals surface area contributed by atoms with Crippen LogP contribution >= 0.6 is 11.6 Å². The lowest BCUT2D eigenvalue weighted by Gasteiger charge is -2.09. The highest BCUT2D eigenvalue weighted by Gasteiger charge is 2.05. The van der Waals surface area contributed by atoms with Crippen LogP contribution in [0.1, 0.15) is 22.3 Å². The van der Waals surface area contributed by atoms with E-state index in [2.05, 4.69) is 10.5 Å². The molecule has 120 valence electrons. The number of nitrogens with zero attached hydrogens (tertiary/aromatic N) is 1. The Balaban J connectivity index is 1.97. The Morgan fingerprint density at radius 2 is 1.87 bits per heavy atom. The van der Waals surface area contributed by atoms with Crippen molar-refractivity contribution in [1.29, 1.82) is 0 Å². The van der Waals surface area contributed by atoms with Crippen LogP contribution in [0.4, 0.5) is 0 Å². The first-order valence-corrected chi connectivity index (χ1v) is 7.59. The van der Waals surface area contributed by atoms with Crippen molar-refractivity contribution >= 4 is 23.7 Å². The van der Waals surface area contributed by atoms with E-state index in [1.54, 1.807) is 25.5 Å². The summed E-state index contributed by atoms with van der Waals surface area (Å²) in [6.45, 7) is 3.99. The van der Waals surface area contributed by atoms with Crippen molar-refractivity contribution in [2.75, 3.05) is 7.11 Å². The molecule has 0 fully saturated rings. The molecule has 0 bridgehead atoms. The van der Waals surface area contributed by atoms with Gasteiger partial charge in [-0.1, -0.05) is 23.7 Å². The van der Waals surface area contributed by atoms with E-state index in [-0.39, 0.29) is 12.3 Å². The van der Waals surface area contributed by atoms with Crippen molar-refractivity contribution < 1.29 is 9.53 Å². The van der Waals surface area contributed by atoms with Gasteiger partial charge in [-0.25, -0.2) is 5.43 Å². The normalized spacial score (nSPS) is 10.8. The minimum Gasteiger partial charge on any atom is -0.496 e. The number of rotatable bonds is 5. The Hall–Kier alpha value is -2.33. The van der Waals surface area contributed by atoms with Crippen LogP contribution in [-0.2, 0) is 11.2 Å². The second-order valence-electron chi connectivity index (χ2n) is 5.20. The van der Waals surface area contributed by atoms with Gasteiger partial charge in [0.05, 0.1) is 19.7 Å². The summed E-state index contributed by atoms with van der Waals surface area (Å²) in [5.74, 6) is 0.665. The van der Waals surface area contributed by atoms with Crippen LogP contribution in [0.2, 0.25) is 5.02 Å². The second kappa shape index (κ2) is 7.79. The fourth-order valence-electron chi connectivity index (χ4n) is 2.18. The summed E-state index contributed by atoms with van der Waals surface area (Å²) in [4.78, 5) is 11.9. The third-order valence-electron chi connectivity index (χ3n) is 3.67.